The molecule has 18 heavy (non-hydrogen) atoms. The summed E-state index contributed by atoms with van der Waals surface area (Å²) in [5.41, 5.74) is 0.309. The van der Waals surface area contributed by atoms with Gasteiger partial charge >= 0.3 is 5.97 Å². The molecule has 0 fully saturated rings. The molecule has 0 unspecified atom stereocenters. The predicted molar refractivity (Wildman–Crippen MR) is 69.1 cm³/mol. The van der Waals surface area contributed by atoms with Crippen molar-refractivity contribution in [3.05, 3.63) is 23.8 Å². The van der Waals surface area contributed by atoms with Gasteiger partial charge in [0.1, 0.15) is 17.1 Å². The van der Waals surface area contributed by atoms with Crippen molar-refractivity contribution in [2.24, 2.45) is 0 Å². The lowest BCUT2D eigenvalue weighted by molar-refractivity contribution is -0.153. The van der Waals surface area contributed by atoms with Crippen LogP contribution in [0.15, 0.2) is 18.2 Å². The molecule has 0 N–H and O–H groups in total. The quantitative estimate of drug-likeness (QED) is 0.773. The molecule has 1 aromatic carbocycles. The lowest BCUT2D eigenvalue weighted by atomic mass is 10.1. The van der Waals surface area contributed by atoms with E-state index in [9.17, 15) is 4.79 Å². The first-order valence-corrected chi connectivity index (χ1v) is 5.78. The van der Waals surface area contributed by atoms with Crippen molar-refractivity contribution in [3.63, 3.8) is 0 Å². The van der Waals surface area contributed by atoms with Crippen molar-refractivity contribution in [3.8, 4) is 11.5 Å². The summed E-state index contributed by atoms with van der Waals surface area (Å²) in [6, 6.07) is 5.35. The van der Waals surface area contributed by atoms with Gasteiger partial charge in [-0.15, -0.1) is 0 Å². The fourth-order valence-corrected chi connectivity index (χ4v) is 1.53. The predicted octanol–water partition coefficient (Wildman–Crippen LogP) is 2.59. The minimum Gasteiger partial charge on any atom is -0.497 e. The van der Waals surface area contributed by atoms with E-state index in [1.54, 1.807) is 26.4 Å². The van der Waals surface area contributed by atoms with Crippen molar-refractivity contribution < 1.29 is 19.0 Å². The van der Waals surface area contributed by atoms with Crippen LogP contribution in [0, 0.1) is 0 Å². The number of hydrogen-bond donors (Lipinski definition) is 0. The van der Waals surface area contributed by atoms with Gasteiger partial charge in [0, 0.05) is 11.6 Å². The van der Waals surface area contributed by atoms with Gasteiger partial charge in [-0.1, -0.05) is 6.07 Å². The molecule has 0 radical (unpaired) electrons. The largest absolute Gasteiger partial charge is 0.497 e. The normalized spacial score (nSPS) is 10.9. The molecule has 0 aliphatic rings. The number of methoxy groups -OCH3 is 2. The fraction of sp³-hybridized carbons (Fsp3) is 0.500. The van der Waals surface area contributed by atoms with Crippen LogP contribution >= 0.6 is 0 Å². The van der Waals surface area contributed by atoms with Crippen LogP contribution in [-0.2, 0) is 16.0 Å². The average molecular weight is 252 g/mol. The lowest BCUT2D eigenvalue weighted by Gasteiger charge is -2.20. The van der Waals surface area contributed by atoms with Crippen LogP contribution in [0.2, 0.25) is 0 Å². The number of rotatable bonds is 4. The highest BCUT2D eigenvalue weighted by atomic mass is 16.6. The Morgan fingerprint density at radius 2 is 1.83 bits per heavy atom. The van der Waals surface area contributed by atoms with Crippen LogP contribution < -0.4 is 9.47 Å². The second kappa shape index (κ2) is 5.76. The molecule has 0 aliphatic carbocycles. The van der Waals surface area contributed by atoms with E-state index in [0.29, 0.717) is 11.5 Å². The van der Waals surface area contributed by atoms with Crippen molar-refractivity contribution in [2.45, 2.75) is 32.8 Å². The molecule has 1 aromatic rings. The Hall–Kier alpha value is -1.71. The summed E-state index contributed by atoms with van der Waals surface area (Å²) in [4.78, 5) is 11.7. The van der Waals surface area contributed by atoms with Gasteiger partial charge in [0.05, 0.1) is 20.6 Å². The highest BCUT2D eigenvalue weighted by molar-refractivity contribution is 5.74. The summed E-state index contributed by atoms with van der Waals surface area (Å²) in [5.74, 6) is 1.05. The van der Waals surface area contributed by atoms with Gasteiger partial charge in [0.15, 0.2) is 0 Å². The molecule has 1 rings (SSSR count). The molecule has 0 saturated carbocycles. The monoisotopic (exact) mass is 252 g/mol. The minimum atomic E-state index is -0.475. The third-order valence-corrected chi connectivity index (χ3v) is 2.25. The Morgan fingerprint density at radius 1 is 1.17 bits per heavy atom. The second-order valence-corrected chi connectivity index (χ2v) is 4.94. The number of esters is 1. The van der Waals surface area contributed by atoms with Crippen LogP contribution in [0.4, 0.5) is 0 Å². The first-order valence-electron chi connectivity index (χ1n) is 5.78. The van der Waals surface area contributed by atoms with E-state index in [1.807, 2.05) is 26.8 Å². The van der Waals surface area contributed by atoms with Crippen molar-refractivity contribution in [1.82, 2.24) is 0 Å². The average Bonchev–Trinajstić information content (AvgIpc) is 2.27. The van der Waals surface area contributed by atoms with Crippen LogP contribution in [-0.4, -0.2) is 25.8 Å². The molecule has 0 bridgehead atoms. The van der Waals surface area contributed by atoms with Gasteiger partial charge in [-0.2, -0.15) is 0 Å². The Balaban J connectivity index is 2.81. The lowest BCUT2D eigenvalue weighted by Crippen LogP contribution is -2.25. The first-order chi connectivity index (χ1) is 8.35. The van der Waals surface area contributed by atoms with E-state index in [1.165, 1.54) is 0 Å². The Morgan fingerprint density at radius 3 is 2.33 bits per heavy atom. The number of ether oxygens (including phenoxy) is 3. The molecular formula is C14H20O4. The number of carbonyl (C=O) groups is 1. The molecule has 0 atom stereocenters. The molecular weight excluding hydrogens is 232 g/mol. The highest BCUT2D eigenvalue weighted by Gasteiger charge is 2.18. The van der Waals surface area contributed by atoms with Gasteiger partial charge in [-0.05, 0) is 26.8 Å². The summed E-state index contributed by atoms with van der Waals surface area (Å²) in [7, 11) is 3.15. The van der Waals surface area contributed by atoms with Crippen LogP contribution in [0.25, 0.3) is 0 Å². The van der Waals surface area contributed by atoms with Crippen molar-refractivity contribution >= 4 is 5.97 Å². The van der Waals surface area contributed by atoms with Gasteiger partial charge in [0.25, 0.3) is 0 Å². The number of hydrogen-bond acceptors (Lipinski definition) is 4. The Bertz CT molecular complexity index is 418. The van der Waals surface area contributed by atoms with E-state index in [0.717, 1.165) is 5.56 Å². The molecule has 0 aliphatic heterocycles. The smallest absolute Gasteiger partial charge is 0.310 e. The van der Waals surface area contributed by atoms with Gasteiger partial charge in [0.2, 0.25) is 0 Å². The first kappa shape index (κ1) is 14.4. The molecule has 0 saturated heterocycles. The SMILES string of the molecule is COc1ccc(CC(=O)OC(C)(C)C)c(OC)c1. The minimum absolute atomic E-state index is 0.185. The standard InChI is InChI=1S/C14H20O4/c1-14(2,3)18-13(15)8-10-6-7-11(16-4)9-12(10)17-5/h6-7,9H,8H2,1-5H3. The summed E-state index contributed by atoms with van der Waals surface area (Å²) in [6.07, 6.45) is 0.185. The summed E-state index contributed by atoms with van der Waals surface area (Å²) in [5, 5.41) is 0. The zero-order chi connectivity index (χ0) is 13.8. The van der Waals surface area contributed by atoms with Gasteiger partial charge in [-0.3, -0.25) is 4.79 Å². The number of benzene rings is 1. The molecule has 0 aromatic heterocycles. The zero-order valence-corrected chi connectivity index (χ0v) is 11.6. The maximum Gasteiger partial charge on any atom is 0.310 e. The maximum atomic E-state index is 11.7. The molecule has 4 heteroatoms. The van der Waals surface area contributed by atoms with Crippen LogP contribution in [0.1, 0.15) is 26.3 Å². The fourth-order valence-electron chi connectivity index (χ4n) is 1.53. The summed E-state index contributed by atoms with van der Waals surface area (Å²) < 4.78 is 15.6. The van der Waals surface area contributed by atoms with E-state index in [-0.39, 0.29) is 12.4 Å². The van der Waals surface area contributed by atoms with E-state index >= 15 is 0 Å². The molecule has 0 spiro atoms. The van der Waals surface area contributed by atoms with Crippen LogP contribution in [0.3, 0.4) is 0 Å². The molecule has 0 heterocycles. The van der Waals surface area contributed by atoms with E-state index in [2.05, 4.69) is 0 Å². The molecule has 0 amide bonds. The maximum absolute atomic E-state index is 11.7. The number of carbonyl (C=O) groups excluding carboxylic acids is 1. The molecule has 100 valence electrons. The third-order valence-electron chi connectivity index (χ3n) is 2.25. The Labute approximate surface area is 108 Å². The van der Waals surface area contributed by atoms with E-state index in [4.69, 9.17) is 14.2 Å². The third kappa shape index (κ3) is 4.28. The van der Waals surface area contributed by atoms with Crippen molar-refractivity contribution in [2.75, 3.05) is 14.2 Å². The zero-order valence-electron chi connectivity index (χ0n) is 11.6. The van der Waals surface area contributed by atoms with Crippen LogP contribution in [0.5, 0.6) is 11.5 Å². The van der Waals surface area contributed by atoms with E-state index < -0.39 is 5.60 Å². The Kier molecular flexibility index (Phi) is 4.59. The summed E-state index contributed by atoms with van der Waals surface area (Å²) in [6.45, 7) is 5.53. The van der Waals surface area contributed by atoms with Gasteiger partial charge < -0.3 is 14.2 Å². The summed E-state index contributed by atoms with van der Waals surface area (Å²) >= 11 is 0. The van der Waals surface area contributed by atoms with Gasteiger partial charge in [-0.25, -0.2) is 0 Å². The van der Waals surface area contributed by atoms with Crippen molar-refractivity contribution in [1.29, 1.82) is 0 Å². The second-order valence-electron chi connectivity index (χ2n) is 4.94. The topological polar surface area (TPSA) is 44.8 Å². The highest BCUT2D eigenvalue weighted by Crippen LogP contribution is 2.25. The molecule has 4 nitrogen and oxygen atoms in total.